The van der Waals surface area contributed by atoms with Gasteiger partial charge in [-0.1, -0.05) is 29.8 Å². The van der Waals surface area contributed by atoms with Crippen LogP contribution in [0.4, 0.5) is 0 Å². The van der Waals surface area contributed by atoms with E-state index >= 15 is 0 Å². The lowest BCUT2D eigenvalue weighted by molar-refractivity contribution is 0.406. The molecule has 1 aliphatic rings. The van der Waals surface area contributed by atoms with E-state index in [1.165, 1.54) is 10.5 Å². The van der Waals surface area contributed by atoms with Crippen molar-refractivity contribution in [3.8, 4) is 5.75 Å². The number of benzene rings is 2. The standard InChI is InChI=1S/C17H18ClNOS/c1-20-16-7-6-12(18)8-11(16)9-15(19)14-10-21-17-5-3-2-4-13(14)17/h2-8,14-15H,9-10,19H2,1H3. The van der Waals surface area contributed by atoms with Gasteiger partial charge in [0.1, 0.15) is 5.75 Å². The highest BCUT2D eigenvalue weighted by atomic mass is 35.5. The van der Waals surface area contributed by atoms with Gasteiger partial charge in [0.05, 0.1) is 7.11 Å². The average molecular weight is 320 g/mol. The van der Waals surface area contributed by atoms with Gasteiger partial charge < -0.3 is 10.5 Å². The molecule has 0 radical (unpaired) electrons. The summed E-state index contributed by atoms with van der Waals surface area (Å²) in [4.78, 5) is 1.36. The Morgan fingerprint density at radius 2 is 2.14 bits per heavy atom. The Labute approximate surface area is 134 Å². The van der Waals surface area contributed by atoms with E-state index in [-0.39, 0.29) is 6.04 Å². The summed E-state index contributed by atoms with van der Waals surface area (Å²) in [6.45, 7) is 0. The van der Waals surface area contributed by atoms with Gasteiger partial charge in [0.25, 0.3) is 0 Å². The van der Waals surface area contributed by atoms with Crippen LogP contribution in [0.25, 0.3) is 0 Å². The van der Waals surface area contributed by atoms with Crippen molar-refractivity contribution >= 4 is 23.4 Å². The topological polar surface area (TPSA) is 35.2 Å². The molecule has 0 aromatic heterocycles. The Hall–Kier alpha value is -1.16. The molecule has 0 amide bonds. The van der Waals surface area contributed by atoms with Gasteiger partial charge in [-0.15, -0.1) is 11.8 Å². The van der Waals surface area contributed by atoms with E-state index in [1.807, 2.05) is 30.0 Å². The molecule has 2 atom stereocenters. The molecular formula is C17H18ClNOS. The van der Waals surface area contributed by atoms with Crippen molar-refractivity contribution in [2.75, 3.05) is 12.9 Å². The first kappa shape index (κ1) is 14.8. The minimum absolute atomic E-state index is 0.0634. The smallest absolute Gasteiger partial charge is 0.122 e. The van der Waals surface area contributed by atoms with Crippen LogP contribution in [0.2, 0.25) is 5.02 Å². The summed E-state index contributed by atoms with van der Waals surface area (Å²) >= 11 is 7.99. The molecule has 1 heterocycles. The van der Waals surface area contributed by atoms with Crippen LogP contribution in [0, 0.1) is 0 Å². The normalized spacial score (nSPS) is 18.3. The summed E-state index contributed by atoms with van der Waals surface area (Å²) in [7, 11) is 1.68. The molecule has 4 heteroatoms. The van der Waals surface area contributed by atoms with E-state index in [0.717, 1.165) is 28.5 Å². The van der Waals surface area contributed by atoms with E-state index in [2.05, 4.69) is 24.3 Å². The zero-order chi connectivity index (χ0) is 14.8. The van der Waals surface area contributed by atoms with Crippen molar-refractivity contribution < 1.29 is 4.74 Å². The molecule has 2 aromatic rings. The molecule has 0 bridgehead atoms. The summed E-state index contributed by atoms with van der Waals surface area (Å²) in [6.07, 6.45) is 0.767. The summed E-state index contributed by atoms with van der Waals surface area (Å²) in [5, 5.41) is 0.721. The Balaban J connectivity index is 1.82. The van der Waals surface area contributed by atoms with Gasteiger partial charge in [0, 0.05) is 27.6 Å². The van der Waals surface area contributed by atoms with E-state index in [1.54, 1.807) is 7.11 Å². The molecule has 3 rings (SSSR count). The van der Waals surface area contributed by atoms with Gasteiger partial charge in [-0.25, -0.2) is 0 Å². The fraction of sp³-hybridized carbons (Fsp3) is 0.294. The molecule has 2 aromatic carbocycles. The Morgan fingerprint density at radius 1 is 1.33 bits per heavy atom. The van der Waals surface area contributed by atoms with E-state index < -0.39 is 0 Å². The minimum atomic E-state index is 0.0634. The number of thioether (sulfide) groups is 1. The third-order valence-electron chi connectivity index (χ3n) is 3.95. The van der Waals surface area contributed by atoms with Crippen LogP contribution in [0.15, 0.2) is 47.4 Å². The van der Waals surface area contributed by atoms with Gasteiger partial charge >= 0.3 is 0 Å². The molecule has 0 saturated heterocycles. The molecule has 110 valence electrons. The second kappa shape index (κ2) is 6.30. The Morgan fingerprint density at radius 3 is 2.95 bits per heavy atom. The highest BCUT2D eigenvalue weighted by molar-refractivity contribution is 7.99. The van der Waals surface area contributed by atoms with Crippen LogP contribution in [0.1, 0.15) is 17.0 Å². The lowest BCUT2D eigenvalue weighted by atomic mass is 9.89. The lowest BCUT2D eigenvalue weighted by Crippen LogP contribution is -2.31. The van der Waals surface area contributed by atoms with E-state index in [9.17, 15) is 0 Å². The minimum Gasteiger partial charge on any atom is -0.496 e. The molecular weight excluding hydrogens is 302 g/mol. The number of hydrogen-bond acceptors (Lipinski definition) is 3. The number of rotatable bonds is 4. The maximum atomic E-state index is 6.49. The van der Waals surface area contributed by atoms with Crippen LogP contribution >= 0.6 is 23.4 Å². The molecule has 21 heavy (non-hydrogen) atoms. The quantitative estimate of drug-likeness (QED) is 0.921. The van der Waals surface area contributed by atoms with Crippen molar-refractivity contribution in [1.29, 1.82) is 0 Å². The summed E-state index contributed by atoms with van der Waals surface area (Å²) in [6, 6.07) is 14.3. The molecule has 1 aliphatic heterocycles. The van der Waals surface area contributed by atoms with Gasteiger partial charge in [0.2, 0.25) is 0 Å². The molecule has 2 nitrogen and oxygen atoms in total. The molecule has 2 unspecified atom stereocenters. The van der Waals surface area contributed by atoms with Crippen LogP contribution in [-0.2, 0) is 6.42 Å². The van der Waals surface area contributed by atoms with E-state index in [0.29, 0.717) is 5.92 Å². The monoisotopic (exact) mass is 319 g/mol. The van der Waals surface area contributed by atoms with Gasteiger partial charge in [-0.3, -0.25) is 0 Å². The molecule has 0 fully saturated rings. The predicted octanol–water partition coefficient (Wildman–Crippen LogP) is 4.11. The second-order valence-electron chi connectivity index (χ2n) is 5.28. The van der Waals surface area contributed by atoms with Crippen molar-refractivity contribution in [3.63, 3.8) is 0 Å². The van der Waals surface area contributed by atoms with Gasteiger partial charge in [-0.2, -0.15) is 0 Å². The third kappa shape index (κ3) is 3.05. The fourth-order valence-corrected chi connectivity index (χ4v) is 4.39. The first-order valence-electron chi connectivity index (χ1n) is 6.98. The number of hydrogen-bond donors (Lipinski definition) is 1. The first-order valence-corrected chi connectivity index (χ1v) is 8.35. The molecule has 0 aliphatic carbocycles. The van der Waals surface area contributed by atoms with Crippen LogP contribution in [0.3, 0.4) is 0 Å². The predicted molar refractivity (Wildman–Crippen MR) is 89.6 cm³/mol. The second-order valence-corrected chi connectivity index (χ2v) is 6.78. The van der Waals surface area contributed by atoms with Crippen LogP contribution in [0.5, 0.6) is 5.75 Å². The summed E-state index contributed by atoms with van der Waals surface area (Å²) < 4.78 is 5.41. The van der Waals surface area contributed by atoms with Crippen LogP contribution < -0.4 is 10.5 Å². The number of nitrogens with two attached hydrogens (primary N) is 1. The lowest BCUT2D eigenvalue weighted by Gasteiger charge is -2.21. The highest BCUT2D eigenvalue weighted by Gasteiger charge is 2.28. The largest absolute Gasteiger partial charge is 0.496 e. The van der Waals surface area contributed by atoms with Gasteiger partial charge in [0.15, 0.2) is 0 Å². The maximum Gasteiger partial charge on any atom is 0.122 e. The van der Waals surface area contributed by atoms with Crippen molar-refractivity contribution in [3.05, 3.63) is 58.6 Å². The average Bonchev–Trinajstić information content (AvgIpc) is 2.91. The number of methoxy groups -OCH3 is 1. The Kier molecular flexibility index (Phi) is 4.43. The third-order valence-corrected chi connectivity index (χ3v) is 5.40. The summed E-state index contributed by atoms with van der Waals surface area (Å²) in [5.41, 5.74) is 8.93. The van der Waals surface area contributed by atoms with Crippen molar-refractivity contribution in [1.82, 2.24) is 0 Å². The zero-order valence-corrected chi connectivity index (χ0v) is 13.5. The van der Waals surface area contributed by atoms with Crippen molar-refractivity contribution in [2.45, 2.75) is 23.3 Å². The maximum absolute atomic E-state index is 6.49. The highest BCUT2D eigenvalue weighted by Crippen LogP contribution is 2.41. The van der Waals surface area contributed by atoms with E-state index in [4.69, 9.17) is 22.1 Å². The number of ether oxygens (including phenoxy) is 1. The fourth-order valence-electron chi connectivity index (χ4n) is 2.84. The molecule has 2 N–H and O–H groups in total. The zero-order valence-electron chi connectivity index (χ0n) is 11.9. The Bertz CT molecular complexity index is 646. The van der Waals surface area contributed by atoms with Crippen LogP contribution in [-0.4, -0.2) is 18.9 Å². The SMILES string of the molecule is COc1ccc(Cl)cc1CC(N)C1CSc2ccccc21. The van der Waals surface area contributed by atoms with Gasteiger partial charge in [-0.05, 0) is 41.8 Å². The number of halogens is 1. The number of fused-ring (bicyclic) bond motifs is 1. The molecule has 0 saturated carbocycles. The summed E-state index contributed by atoms with van der Waals surface area (Å²) in [5.74, 6) is 2.28. The first-order chi connectivity index (χ1) is 10.2. The van der Waals surface area contributed by atoms with Crippen molar-refractivity contribution in [2.24, 2.45) is 5.73 Å². The molecule has 0 spiro atoms.